The van der Waals surface area contributed by atoms with Crippen LogP contribution in [0.4, 0.5) is 11.4 Å². The molecular formula is C14H17ClN4O2. The van der Waals surface area contributed by atoms with Crippen molar-refractivity contribution in [3.05, 3.63) is 35.1 Å². The van der Waals surface area contributed by atoms with Crippen molar-refractivity contribution in [2.75, 3.05) is 17.7 Å². The molecule has 0 unspecified atom stereocenters. The van der Waals surface area contributed by atoms with Crippen LogP contribution in [-0.4, -0.2) is 22.3 Å². The first kappa shape index (κ1) is 15.2. The Bertz CT molecular complexity index is 635. The van der Waals surface area contributed by atoms with Crippen molar-refractivity contribution in [2.24, 2.45) is 7.05 Å². The maximum absolute atomic E-state index is 12.2. The number of amides is 1. The second kappa shape index (κ2) is 6.49. The van der Waals surface area contributed by atoms with Gasteiger partial charge in [-0.25, -0.2) is 0 Å². The third kappa shape index (κ3) is 3.46. The van der Waals surface area contributed by atoms with Crippen molar-refractivity contribution >= 4 is 28.9 Å². The average Bonchev–Trinajstić information content (AvgIpc) is 2.77. The maximum Gasteiger partial charge on any atom is 0.276 e. The Labute approximate surface area is 127 Å². The zero-order valence-electron chi connectivity index (χ0n) is 11.9. The van der Waals surface area contributed by atoms with Gasteiger partial charge in [0, 0.05) is 12.7 Å². The second-order valence-corrected chi connectivity index (χ2v) is 4.93. The third-order valence-corrected chi connectivity index (χ3v) is 3.13. The summed E-state index contributed by atoms with van der Waals surface area (Å²) in [5, 5.41) is 7.10. The predicted molar refractivity (Wildman–Crippen MR) is 82.8 cm³/mol. The number of nitrogens with zero attached hydrogens (tertiary/aromatic N) is 2. The number of hydrogen-bond donors (Lipinski definition) is 2. The molecule has 0 aliphatic rings. The number of carbonyl (C=O) groups excluding carboxylic acids is 1. The highest BCUT2D eigenvalue weighted by Crippen LogP contribution is 2.28. The van der Waals surface area contributed by atoms with E-state index in [0.29, 0.717) is 34.4 Å². The van der Waals surface area contributed by atoms with E-state index in [2.05, 4.69) is 10.4 Å². The Balaban J connectivity index is 2.13. The normalized spacial score (nSPS) is 10.4. The Hall–Kier alpha value is -2.21. The zero-order valence-corrected chi connectivity index (χ0v) is 12.6. The number of aromatic nitrogens is 2. The minimum Gasteiger partial charge on any atom is -0.492 e. The van der Waals surface area contributed by atoms with Crippen LogP contribution in [0, 0.1) is 0 Å². The first-order valence-corrected chi connectivity index (χ1v) is 6.92. The smallest absolute Gasteiger partial charge is 0.276 e. The lowest BCUT2D eigenvalue weighted by Crippen LogP contribution is -2.17. The standard InChI is InChI=1S/C14H17ClN4O2/c1-3-6-21-12-5-4-9(7-10(12)15)18-14(20)13-11(16)8-17-19(13)2/h4-5,7-8H,3,6,16H2,1-2H3,(H,18,20). The van der Waals surface area contributed by atoms with Crippen LogP contribution >= 0.6 is 11.6 Å². The van der Waals surface area contributed by atoms with Crippen molar-refractivity contribution in [3.63, 3.8) is 0 Å². The molecule has 0 saturated heterocycles. The first-order valence-electron chi connectivity index (χ1n) is 6.54. The lowest BCUT2D eigenvalue weighted by molar-refractivity contribution is 0.101. The Kier molecular flexibility index (Phi) is 4.70. The van der Waals surface area contributed by atoms with Gasteiger partial charge in [-0.15, -0.1) is 0 Å². The fraction of sp³-hybridized carbons (Fsp3) is 0.286. The van der Waals surface area contributed by atoms with Crippen molar-refractivity contribution < 1.29 is 9.53 Å². The molecule has 21 heavy (non-hydrogen) atoms. The molecule has 0 saturated carbocycles. The van der Waals surface area contributed by atoms with E-state index in [9.17, 15) is 4.79 Å². The summed E-state index contributed by atoms with van der Waals surface area (Å²) in [6.45, 7) is 2.61. The van der Waals surface area contributed by atoms with E-state index >= 15 is 0 Å². The molecule has 6 nitrogen and oxygen atoms in total. The van der Waals surface area contributed by atoms with E-state index in [1.54, 1.807) is 25.2 Å². The molecular weight excluding hydrogens is 292 g/mol. The van der Waals surface area contributed by atoms with Gasteiger partial charge in [-0.05, 0) is 24.6 Å². The molecule has 1 aromatic carbocycles. The van der Waals surface area contributed by atoms with E-state index in [1.165, 1.54) is 10.9 Å². The number of nitrogen functional groups attached to an aromatic ring is 1. The summed E-state index contributed by atoms with van der Waals surface area (Å²) in [6, 6.07) is 5.08. The molecule has 1 heterocycles. The summed E-state index contributed by atoms with van der Waals surface area (Å²) >= 11 is 6.12. The number of rotatable bonds is 5. The number of nitrogens with two attached hydrogens (primary N) is 1. The van der Waals surface area contributed by atoms with Crippen LogP contribution in [0.1, 0.15) is 23.8 Å². The summed E-state index contributed by atoms with van der Waals surface area (Å²) < 4.78 is 6.90. The monoisotopic (exact) mass is 308 g/mol. The molecule has 112 valence electrons. The van der Waals surface area contributed by atoms with Crippen LogP contribution in [0.2, 0.25) is 5.02 Å². The molecule has 2 aromatic rings. The molecule has 2 rings (SSSR count). The van der Waals surface area contributed by atoms with Crippen molar-refractivity contribution in [1.82, 2.24) is 9.78 Å². The first-order chi connectivity index (χ1) is 10.0. The van der Waals surface area contributed by atoms with E-state index in [-0.39, 0.29) is 5.91 Å². The van der Waals surface area contributed by atoms with Gasteiger partial charge in [0.1, 0.15) is 11.4 Å². The molecule has 0 fully saturated rings. The quantitative estimate of drug-likeness (QED) is 0.889. The van der Waals surface area contributed by atoms with Crippen LogP contribution in [-0.2, 0) is 7.05 Å². The van der Waals surface area contributed by atoms with Crippen LogP contribution in [0.15, 0.2) is 24.4 Å². The van der Waals surface area contributed by atoms with Gasteiger partial charge < -0.3 is 15.8 Å². The molecule has 0 aliphatic heterocycles. The third-order valence-electron chi connectivity index (χ3n) is 2.83. The number of halogens is 1. The zero-order chi connectivity index (χ0) is 15.4. The lowest BCUT2D eigenvalue weighted by atomic mass is 10.2. The highest BCUT2D eigenvalue weighted by Gasteiger charge is 2.15. The maximum atomic E-state index is 12.2. The number of carbonyl (C=O) groups is 1. The van der Waals surface area contributed by atoms with Gasteiger partial charge in [-0.3, -0.25) is 9.48 Å². The fourth-order valence-electron chi connectivity index (χ4n) is 1.83. The van der Waals surface area contributed by atoms with Crippen molar-refractivity contribution in [3.8, 4) is 5.75 Å². The Morgan fingerprint density at radius 3 is 2.86 bits per heavy atom. The van der Waals surface area contributed by atoms with Gasteiger partial charge in [0.05, 0.1) is 23.5 Å². The van der Waals surface area contributed by atoms with E-state index < -0.39 is 0 Å². The number of benzene rings is 1. The molecule has 7 heteroatoms. The summed E-state index contributed by atoms with van der Waals surface area (Å²) in [6.07, 6.45) is 2.33. The molecule has 0 atom stereocenters. The lowest BCUT2D eigenvalue weighted by Gasteiger charge is -2.10. The summed E-state index contributed by atoms with van der Waals surface area (Å²) in [5.74, 6) is 0.252. The highest BCUT2D eigenvalue weighted by molar-refractivity contribution is 6.32. The SMILES string of the molecule is CCCOc1ccc(NC(=O)c2c(N)cnn2C)cc1Cl. The predicted octanol–water partition coefficient (Wildman–Crippen LogP) is 2.70. The minimum atomic E-state index is -0.342. The molecule has 0 aliphatic carbocycles. The number of nitrogens with one attached hydrogen (secondary N) is 1. The minimum absolute atomic E-state index is 0.303. The Morgan fingerprint density at radius 1 is 1.52 bits per heavy atom. The molecule has 0 radical (unpaired) electrons. The molecule has 0 bridgehead atoms. The van der Waals surface area contributed by atoms with E-state index in [0.717, 1.165) is 6.42 Å². The van der Waals surface area contributed by atoms with E-state index in [1.807, 2.05) is 6.92 Å². The number of ether oxygens (including phenoxy) is 1. The molecule has 1 aromatic heterocycles. The van der Waals surface area contributed by atoms with Crippen LogP contribution < -0.4 is 15.8 Å². The van der Waals surface area contributed by atoms with Gasteiger partial charge in [0.15, 0.2) is 0 Å². The average molecular weight is 309 g/mol. The summed E-state index contributed by atoms with van der Waals surface area (Å²) in [7, 11) is 1.65. The topological polar surface area (TPSA) is 82.2 Å². The summed E-state index contributed by atoms with van der Waals surface area (Å²) in [4.78, 5) is 12.2. The van der Waals surface area contributed by atoms with Gasteiger partial charge in [0.2, 0.25) is 0 Å². The van der Waals surface area contributed by atoms with Gasteiger partial charge >= 0.3 is 0 Å². The largest absolute Gasteiger partial charge is 0.492 e. The van der Waals surface area contributed by atoms with Crippen molar-refractivity contribution in [1.29, 1.82) is 0 Å². The van der Waals surface area contributed by atoms with Gasteiger partial charge in [-0.2, -0.15) is 5.10 Å². The van der Waals surface area contributed by atoms with Crippen LogP contribution in [0.5, 0.6) is 5.75 Å². The fourth-order valence-corrected chi connectivity index (χ4v) is 2.07. The summed E-state index contributed by atoms with van der Waals surface area (Å²) in [5.41, 5.74) is 6.91. The number of hydrogen-bond acceptors (Lipinski definition) is 4. The Morgan fingerprint density at radius 2 is 2.29 bits per heavy atom. The number of anilines is 2. The highest BCUT2D eigenvalue weighted by atomic mass is 35.5. The molecule has 0 spiro atoms. The van der Waals surface area contributed by atoms with Crippen LogP contribution in [0.25, 0.3) is 0 Å². The van der Waals surface area contributed by atoms with Crippen molar-refractivity contribution in [2.45, 2.75) is 13.3 Å². The second-order valence-electron chi connectivity index (χ2n) is 4.52. The van der Waals surface area contributed by atoms with E-state index in [4.69, 9.17) is 22.1 Å². The van der Waals surface area contributed by atoms with Gasteiger partial charge in [0.25, 0.3) is 5.91 Å². The van der Waals surface area contributed by atoms with Gasteiger partial charge in [-0.1, -0.05) is 18.5 Å². The number of aryl methyl sites for hydroxylation is 1. The molecule has 1 amide bonds. The molecule has 3 N–H and O–H groups in total. The van der Waals surface area contributed by atoms with Crippen LogP contribution in [0.3, 0.4) is 0 Å².